The Kier molecular flexibility index (Phi) is 4.90. The van der Waals surface area contributed by atoms with Crippen molar-refractivity contribution < 1.29 is 9.53 Å². The molecule has 0 saturated heterocycles. The molecule has 0 saturated carbocycles. The molecule has 102 valence electrons. The van der Waals surface area contributed by atoms with Crippen LogP contribution in [0.1, 0.15) is 26.5 Å². The van der Waals surface area contributed by atoms with Crippen molar-refractivity contribution in [1.29, 1.82) is 0 Å². The number of pyridine rings is 1. The van der Waals surface area contributed by atoms with Gasteiger partial charge in [-0.1, -0.05) is 5.92 Å². The number of rotatable bonds is 3. The molecule has 0 aliphatic heterocycles. The van der Waals surface area contributed by atoms with Gasteiger partial charge >= 0.3 is 6.09 Å². The van der Waals surface area contributed by atoms with E-state index in [1.54, 1.807) is 39.1 Å². The van der Waals surface area contributed by atoms with Crippen molar-refractivity contribution in [2.45, 2.75) is 32.9 Å². The van der Waals surface area contributed by atoms with Crippen LogP contribution in [0.5, 0.6) is 0 Å². The number of terminal acetylenes is 1. The van der Waals surface area contributed by atoms with Crippen LogP contribution in [0.2, 0.25) is 0 Å². The largest absolute Gasteiger partial charge is 0.443 e. The molecule has 0 unspecified atom stereocenters. The van der Waals surface area contributed by atoms with Gasteiger partial charge in [-0.25, -0.2) is 4.79 Å². The van der Waals surface area contributed by atoms with Gasteiger partial charge in [0.2, 0.25) is 0 Å². The van der Waals surface area contributed by atoms with Crippen molar-refractivity contribution in [3.8, 4) is 12.3 Å². The van der Waals surface area contributed by atoms with E-state index in [9.17, 15) is 4.79 Å². The number of hydrogen-bond donors (Lipinski definition) is 1. The Bertz CT molecular complexity index is 469. The summed E-state index contributed by atoms with van der Waals surface area (Å²) in [4.78, 5) is 17.6. The van der Waals surface area contributed by atoms with Crippen molar-refractivity contribution in [3.63, 3.8) is 0 Å². The van der Waals surface area contributed by atoms with Crippen LogP contribution in [0.3, 0.4) is 0 Å². The average molecular weight is 261 g/mol. The first-order valence-electron chi connectivity index (χ1n) is 5.96. The summed E-state index contributed by atoms with van der Waals surface area (Å²) in [5.74, 6) is 2.43. The van der Waals surface area contributed by atoms with E-state index in [2.05, 4.69) is 10.9 Å². The summed E-state index contributed by atoms with van der Waals surface area (Å²) in [5, 5.41) is 0. The Morgan fingerprint density at radius 3 is 2.63 bits per heavy atom. The van der Waals surface area contributed by atoms with Crippen molar-refractivity contribution >= 4 is 11.8 Å². The number of nitrogens with two attached hydrogens (primary N) is 1. The van der Waals surface area contributed by atoms with E-state index in [0.29, 0.717) is 12.2 Å². The lowest BCUT2D eigenvalue weighted by molar-refractivity contribution is 0.0585. The second-order valence-corrected chi connectivity index (χ2v) is 4.98. The van der Waals surface area contributed by atoms with Crippen molar-refractivity contribution in [2.24, 2.45) is 5.73 Å². The number of nitrogens with zero attached hydrogens (tertiary/aromatic N) is 2. The molecule has 0 aliphatic carbocycles. The molecule has 1 aromatic heterocycles. The van der Waals surface area contributed by atoms with E-state index in [1.165, 1.54) is 4.90 Å². The van der Waals surface area contributed by atoms with E-state index in [0.717, 1.165) is 5.69 Å². The van der Waals surface area contributed by atoms with Crippen LogP contribution in [-0.4, -0.2) is 23.2 Å². The van der Waals surface area contributed by atoms with Gasteiger partial charge in [-0.3, -0.25) is 9.88 Å². The molecule has 0 atom stereocenters. The number of anilines is 1. The Labute approximate surface area is 113 Å². The number of carbonyl (C=O) groups excluding carboxylic acids is 1. The highest BCUT2D eigenvalue weighted by Gasteiger charge is 2.22. The lowest BCUT2D eigenvalue weighted by Crippen LogP contribution is -2.37. The first-order valence-corrected chi connectivity index (χ1v) is 5.96. The van der Waals surface area contributed by atoms with Crippen LogP contribution < -0.4 is 10.6 Å². The molecule has 19 heavy (non-hydrogen) atoms. The number of aromatic nitrogens is 1. The molecule has 5 heteroatoms. The molecular weight excluding hydrogens is 242 g/mol. The van der Waals surface area contributed by atoms with E-state index in [1.807, 2.05) is 0 Å². The molecule has 0 fully saturated rings. The summed E-state index contributed by atoms with van der Waals surface area (Å²) in [6.45, 7) is 5.87. The Balaban J connectivity index is 2.93. The highest BCUT2D eigenvalue weighted by Crippen LogP contribution is 2.17. The third-order valence-corrected chi connectivity index (χ3v) is 2.19. The standard InChI is InChI=1S/C14H19N3O2/c1-5-8-17(13(18)19-14(2,3)4)12-7-6-11(9-15)16-10-12/h1,6-7,10H,8-9,15H2,2-4H3. The number of carbonyl (C=O) groups is 1. The first kappa shape index (κ1) is 15.0. The summed E-state index contributed by atoms with van der Waals surface area (Å²) in [6.07, 6.45) is 6.35. The smallest absolute Gasteiger partial charge is 0.415 e. The van der Waals surface area contributed by atoms with Crippen molar-refractivity contribution in [1.82, 2.24) is 4.98 Å². The normalized spacial score (nSPS) is 10.7. The van der Waals surface area contributed by atoms with Gasteiger partial charge < -0.3 is 10.5 Å². The second-order valence-electron chi connectivity index (χ2n) is 4.98. The molecular formula is C14H19N3O2. The SMILES string of the molecule is C#CCN(C(=O)OC(C)(C)C)c1ccc(CN)nc1. The summed E-state index contributed by atoms with van der Waals surface area (Å²) in [7, 11) is 0. The van der Waals surface area contributed by atoms with Crippen molar-refractivity contribution in [2.75, 3.05) is 11.4 Å². The maximum Gasteiger partial charge on any atom is 0.415 e. The number of amides is 1. The average Bonchev–Trinajstić information content (AvgIpc) is 2.34. The van der Waals surface area contributed by atoms with Gasteiger partial charge in [0.1, 0.15) is 5.60 Å². The molecule has 2 N–H and O–H groups in total. The van der Waals surface area contributed by atoms with E-state index < -0.39 is 11.7 Å². The summed E-state index contributed by atoms with van der Waals surface area (Å²) in [6, 6.07) is 3.50. The van der Waals surface area contributed by atoms with Gasteiger partial charge in [0.25, 0.3) is 0 Å². The minimum atomic E-state index is -0.575. The zero-order valence-electron chi connectivity index (χ0n) is 11.5. The Hall–Kier alpha value is -2.06. The van der Waals surface area contributed by atoms with Crippen LogP contribution in [0, 0.1) is 12.3 Å². The highest BCUT2D eigenvalue weighted by molar-refractivity contribution is 5.88. The predicted octanol–water partition coefficient (Wildman–Crippen LogP) is 1.92. The summed E-state index contributed by atoms with van der Waals surface area (Å²) < 4.78 is 5.30. The summed E-state index contributed by atoms with van der Waals surface area (Å²) in [5.41, 5.74) is 6.23. The number of hydrogen-bond acceptors (Lipinski definition) is 4. The molecule has 0 aromatic carbocycles. The van der Waals surface area contributed by atoms with E-state index in [4.69, 9.17) is 16.9 Å². The summed E-state index contributed by atoms with van der Waals surface area (Å²) >= 11 is 0. The third kappa shape index (κ3) is 4.60. The second kappa shape index (κ2) is 6.21. The quantitative estimate of drug-likeness (QED) is 0.844. The van der Waals surface area contributed by atoms with Crippen LogP contribution in [0.25, 0.3) is 0 Å². The fourth-order valence-corrected chi connectivity index (χ4v) is 1.37. The fourth-order valence-electron chi connectivity index (χ4n) is 1.37. The zero-order chi connectivity index (χ0) is 14.5. The fraction of sp³-hybridized carbons (Fsp3) is 0.429. The Morgan fingerprint density at radius 2 is 2.21 bits per heavy atom. The first-order chi connectivity index (χ1) is 8.87. The molecule has 1 amide bonds. The zero-order valence-corrected chi connectivity index (χ0v) is 11.5. The van der Waals surface area contributed by atoms with Gasteiger partial charge in [-0.15, -0.1) is 6.42 Å². The lowest BCUT2D eigenvalue weighted by Gasteiger charge is -2.26. The molecule has 0 aliphatic rings. The highest BCUT2D eigenvalue weighted by atomic mass is 16.6. The van der Waals surface area contributed by atoms with Gasteiger partial charge in [-0.2, -0.15) is 0 Å². The molecule has 1 aromatic rings. The van der Waals surface area contributed by atoms with Gasteiger partial charge in [-0.05, 0) is 32.9 Å². The van der Waals surface area contributed by atoms with Gasteiger partial charge in [0, 0.05) is 6.54 Å². The minimum Gasteiger partial charge on any atom is -0.443 e. The van der Waals surface area contributed by atoms with Crippen LogP contribution in [0.15, 0.2) is 18.3 Å². The van der Waals surface area contributed by atoms with Crippen LogP contribution in [-0.2, 0) is 11.3 Å². The van der Waals surface area contributed by atoms with Crippen LogP contribution in [0.4, 0.5) is 10.5 Å². The topological polar surface area (TPSA) is 68.5 Å². The molecule has 0 radical (unpaired) electrons. The van der Waals surface area contributed by atoms with Crippen molar-refractivity contribution in [3.05, 3.63) is 24.0 Å². The Morgan fingerprint density at radius 1 is 1.53 bits per heavy atom. The molecule has 5 nitrogen and oxygen atoms in total. The number of ether oxygens (including phenoxy) is 1. The van der Waals surface area contributed by atoms with Gasteiger partial charge in [0.15, 0.2) is 0 Å². The maximum atomic E-state index is 12.1. The molecule has 1 rings (SSSR count). The lowest BCUT2D eigenvalue weighted by atomic mass is 10.2. The molecule has 0 bridgehead atoms. The van der Waals surface area contributed by atoms with Gasteiger partial charge in [0.05, 0.1) is 24.1 Å². The maximum absolute atomic E-state index is 12.1. The predicted molar refractivity (Wildman–Crippen MR) is 74.5 cm³/mol. The van der Waals surface area contributed by atoms with Crippen LogP contribution >= 0.6 is 0 Å². The monoisotopic (exact) mass is 261 g/mol. The molecule has 1 heterocycles. The molecule has 0 spiro atoms. The third-order valence-electron chi connectivity index (χ3n) is 2.19. The minimum absolute atomic E-state index is 0.124. The van der Waals surface area contributed by atoms with E-state index >= 15 is 0 Å². The van der Waals surface area contributed by atoms with E-state index in [-0.39, 0.29) is 6.54 Å².